The second kappa shape index (κ2) is 5.58. The molecule has 0 saturated carbocycles. The van der Waals surface area contributed by atoms with E-state index in [-0.39, 0.29) is 11.6 Å². The van der Waals surface area contributed by atoms with Gasteiger partial charge in [0.25, 0.3) is 0 Å². The Labute approximate surface area is 104 Å². The minimum Gasteiger partial charge on any atom is -0.382 e. The summed E-state index contributed by atoms with van der Waals surface area (Å²) in [6.45, 7) is 5.46. The molecule has 0 bridgehead atoms. The fourth-order valence-electron chi connectivity index (χ4n) is 1.57. The van der Waals surface area contributed by atoms with E-state index in [1.54, 1.807) is 12.1 Å². The topological polar surface area (TPSA) is 35.8 Å². The number of hydrogen-bond donors (Lipinski definition) is 1. The molecule has 0 radical (unpaired) electrons. The quantitative estimate of drug-likeness (QED) is 0.826. The van der Waals surface area contributed by atoms with Crippen molar-refractivity contribution in [1.29, 1.82) is 5.26 Å². The van der Waals surface area contributed by atoms with Crippen LogP contribution in [0.4, 0.5) is 18.9 Å². The second-order valence-electron chi connectivity index (χ2n) is 3.94. The number of halogens is 3. The molecule has 96 valence electrons. The van der Waals surface area contributed by atoms with Gasteiger partial charge in [-0.1, -0.05) is 6.08 Å². The minimum absolute atomic E-state index is 0.0470. The van der Waals surface area contributed by atoms with E-state index in [0.29, 0.717) is 12.1 Å². The lowest BCUT2D eigenvalue weighted by atomic mass is 10.1. The van der Waals surface area contributed by atoms with Gasteiger partial charge in [0.2, 0.25) is 0 Å². The molecule has 1 atom stereocenters. The highest BCUT2D eigenvalue weighted by Crippen LogP contribution is 2.33. The van der Waals surface area contributed by atoms with E-state index in [9.17, 15) is 13.2 Å². The van der Waals surface area contributed by atoms with Crippen LogP contribution in [-0.4, -0.2) is 6.04 Å². The Bertz CT molecular complexity index is 472. The lowest BCUT2D eigenvalue weighted by molar-refractivity contribution is -0.137. The summed E-state index contributed by atoms with van der Waals surface area (Å²) >= 11 is 0. The van der Waals surface area contributed by atoms with E-state index >= 15 is 0 Å². The maximum Gasteiger partial charge on any atom is 0.417 e. The first kappa shape index (κ1) is 14.1. The van der Waals surface area contributed by atoms with Crippen LogP contribution in [0, 0.1) is 11.3 Å². The highest BCUT2D eigenvalue weighted by atomic mass is 19.4. The Balaban J connectivity index is 3.00. The Morgan fingerprint density at radius 1 is 1.50 bits per heavy atom. The van der Waals surface area contributed by atoms with Gasteiger partial charge in [0.1, 0.15) is 0 Å². The average molecular weight is 254 g/mol. The predicted octanol–water partition coefficient (Wildman–Crippen LogP) is 3.95. The zero-order valence-corrected chi connectivity index (χ0v) is 9.88. The predicted molar refractivity (Wildman–Crippen MR) is 64.1 cm³/mol. The van der Waals surface area contributed by atoms with E-state index in [1.165, 1.54) is 12.1 Å². The summed E-state index contributed by atoms with van der Waals surface area (Å²) in [6.07, 6.45) is -2.10. The number of nitrogens with one attached hydrogen (secondary N) is 1. The van der Waals surface area contributed by atoms with Gasteiger partial charge in [-0.15, -0.1) is 6.58 Å². The fourth-order valence-corrected chi connectivity index (χ4v) is 1.57. The van der Waals surface area contributed by atoms with Gasteiger partial charge < -0.3 is 5.32 Å². The van der Waals surface area contributed by atoms with Crippen molar-refractivity contribution in [3.05, 3.63) is 42.0 Å². The van der Waals surface area contributed by atoms with Crippen molar-refractivity contribution in [1.82, 2.24) is 0 Å². The van der Waals surface area contributed by atoms with Gasteiger partial charge in [-0.2, -0.15) is 18.4 Å². The van der Waals surface area contributed by atoms with E-state index in [1.807, 2.05) is 6.92 Å². The molecule has 0 saturated heterocycles. The molecule has 0 spiro atoms. The standard InChI is InChI=1S/C13H13F3N2/c1-3-4-9(2)18-11-5-6-12(13(14,15)16)10(7-11)8-17/h3,5-7,9,18H,1,4H2,2H3. The first-order valence-corrected chi connectivity index (χ1v) is 5.37. The molecule has 1 N–H and O–H groups in total. The number of rotatable bonds is 4. The molecule has 1 aromatic carbocycles. The molecule has 0 aliphatic carbocycles. The summed E-state index contributed by atoms with van der Waals surface area (Å²) in [7, 11) is 0. The SMILES string of the molecule is C=CCC(C)Nc1ccc(C(F)(F)F)c(C#N)c1. The van der Waals surface area contributed by atoms with Gasteiger partial charge in [-0.3, -0.25) is 0 Å². The third-order valence-corrected chi connectivity index (χ3v) is 2.38. The Morgan fingerprint density at radius 2 is 2.17 bits per heavy atom. The molecule has 0 heterocycles. The molecule has 1 unspecified atom stereocenters. The number of alkyl halides is 3. The van der Waals surface area contributed by atoms with E-state index in [4.69, 9.17) is 5.26 Å². The van der Waals surface area contributed by atoms with Crippen LogP contribution >= 0.6 is 0 Å². The van der Waals surface area contributed by atoms with Crippen LogP contribution in [0.2, 0.25) is 0 Å². The molecule has 0 amide bonds. The van der Waals surface area contributed by atoms with Gasteiger partial charge in [0, 0.05) is 11.7 Å². The Morgan fingerprint density at radius 3 is 2.67 bits per heavy atom. The van der Waals surface area contributed by atoms with Gasteiger partial charge in [0.05, 0.1) is 17.2 Å². The number of anilines is 1. The molecule has 0 aromatic heterocycles. The number of nitrogens with zero attached hydrogens (tertiary/aromatic N) is 1. The summed E-state index contributed by atoms with van der Waals surface area (Å²) in [5.41, 5.74) is -0.792. The summed E-state index contributed by atoms with van der Waals surface area (Å²) in [6, 6.07) is 5.07. The molecule has 0 fully saturated rings. The summed E-state index contributed by atoms with van der Waals surface area (Å²) < 4.78 is 37.7. The summed E-state index contributed by atoms with van der Waals surface area (Å²) in [5.74, 6) is 0. The molecule has 5 heteroatoms. The zero-order chi connectivity index (χ0) is 13.8. The average Bonchev–Trinajstić information content (AvgIpc) is 2.27. The molecular weight excluding hydrogens is 241 g/mol. The third-order valence-electron chi connectivity index (χ3n) is 2.38. The van der Waals surface area contributed by atoms with Crippen molar-refractivity contribution in [2.45, 2.75) is 25.6 Å². The highest BCUT2D eigenvalue weighted by molar-refractivity contribution is 5.54. The number of hydrogen-bond acceptors (Lipinski definition) is 2. The molecule has 0 aliphatic heterocycles. The largest absolute Gasteiger partial charge is 0.417 e. The first-order valence-electron chi connectivity index (χ1n) is 5.37. The van der Waals surface area contributed by atoms with Crippen LogP contribution < -0.4 is 5.32 Å². The van der Waals surface area contributed by atoms with Crippen molar-refractivity contribution >= 4 is 5.69 Å². The fraction of sp³-hybridized carbons (Fsp3) is 0.308. The Hall–Kier alpha value is -1.96. The van der Waals surface area contributed by atoms with Crippen molar-refractivity contribution < 1.29 is 13.2 Å². The first-order chi connectivity index (χ1) is 8.38. The van der Waals surface area contributed by atoms with Gasteiger partial charge in [-0.05, 0) is 31.5 Å². The van der Waals surface area contributed by atoms with E-state index < -0.39 is 11.7 Å². The van der Waals surface area contributed by atoms with Gasteiger partial charge in [-0.25, -0.2) is 0 Å². The lowest BCUT2D eigenvalue weighted by Crippen LogP contribution is -2.15. The second-order valence-corrected chi connectivity index (χ2v) is 3.94. The van der Waals surface area contributed by atoms with Gasteiger partial charge in [0.15, 0.2) is 0 Å². The zero-order valence-electron chi connectivity index (χ0n) is 9.88. The number of benzene rings is 1. The van der Waals surface area contributed by atoms with Crippen LogP contribution in [0.1, 0.15) is 24.5 Å². The third kappa shape index (κ3) is 3.52. The maximum atomic E-state index is 12.6. The van der Waals surface area contributed by atoms with Crippen LogP contribution in [0.5, 0.6) is 0 Å². The van der Waals surface area contributed by atoms with E-state index in [2.05, 4.69) is 11.9 Å². The maximum absolute atomic E-state index is 12.6. The molecule has 1 rings (SSSR count). The highest BCUT2D eigenvalue weighted by Gasteiger charge is 2.33. The normalized spacial score (nSPS) is 12.6. The lowest BCUT2D eigenvalue weighted by Gasteiger charge is -2.15. The molecule has 1 aromatic rings. The molecule has 0 aliphatic rings. The number of nitriles is 1. The van der Waals surface area contributed by atoms with Crippen LogP contribution in [0.25, 0.3) is 0 Å². The van der Waals surface area contributed by atoms with Crippen molar-refractivity contribution in [3.8, 4) is 6.07 Å². The molecular formula is C13H13F3N2. The minimum atomic E-state index is -4.50. The molecule has 18 heavy (non-hydrogen) atoms. The smallest absolute Gasteiger partial charge is 0.382 e. The van der Waals surface area contributed by atoms with Crippen LogP contribution in [-0.2, 0) is 6.18 Å². The summed E-state index contributed by atoms with van der Waals surface area (Å²) in [4.78, 5) is 0. The van der Waals surface area contributed by atoms with E-state index in [0.717, 1.165) is 6.07 Å². The van der Waals surface area contributed by atoms with Crippen LogP contribution in [0.3, 0.4) is 0 Å². The van der Waals surface area contributed by atoms with Crippen LogP contribution in [0.15, 0.2) is 30.9 Å². The summed E-state index contributed by atoms with van der Waals surface area (Å²) in [5, 5.41) is 11.8. The van der Waals surface area contributed by atoms with Crippen molar-refractivity contribution in [2.24, 2.45) is 0 Å². The van der Waals surface area contributed by atoms with Gasteiger partial charge >= 0.3 is 6.18 Å². The Kier molecular flexibility index (Phi) is 4.38. The molecule has 2 nitrogen and oxygen atoms in total. The van der Waals surface area contributed by atoms with Crippen molar-refractivity contribution in [3.63, 3.8) is 0 Å². The van der Waals surface area contributed by atoms with Crippen molar-refractivity contribution in [2.75, 3.05) is 5.32 Å². The monoisotopic (exact) mass is 254 g/mol.